The van der Waals surface area contributed by atoms with Crippen molar-refractivity contribution in [3.8, 4) is 5.75 Å². The first kappa shape index (κ1) is 19.2. The summed E-state index contributed by atoms with van der Waals surface area (Å²) < 4.78 is 5.73. The van der Waals surface area contributed by atoms with Crippen molar-refractivity contribution in [2.75, 3.05) is 11.4 Å². The van der Waals surface area contributed by atoms with Gasteiger partial charge in [0.15, 0.2) is 0 Å². The average molecular weight is 365 g/mol. The zero-order chi connectivity index (χ0) is 19.7. The average Bonchev–Trinajstić information content (AvgIpc) is 2.99. The highest BCUT2D eigenvalue weighted by molar-refractivity contribution is 5.99. The van der Waals surface area contributed by atoms with Gasteiger partial charge in [-0.2, -0.15) is 0 Å². The van der Waals surface area contributed by atoms with E-state index in [1.165, 1.54) is 5.56 Å². The molecule has 0 aliphatic carbocycles. The molecule has 0 aromatic heterocycles. The predicted molar refractivity (Wildman–Crippen MR) is 107 cm³/mol. The molecule has 142 valence electrons. The Balaban J connectivity index is 1.76. The highest BCUT2D eigenvalue weighted by Gasteiger charge is 2.36. The van der Waals surface area contributed by atoms with Crippen molar-refractivity contribution in [3.63, 3.8) is 0 Å². The molecular weight excluding hydrogens is 338 g/mol. The summed E-state index contributed by atoms with van der Waals surface area (Å²) in [6.45, 7) is 10.5. The number of hydrogen-bond acceptors (Lipinski definition) is 3. The highest BCUT2D eigenvalue weighted by Crippen LogP contribution is 2.31. The number of nitrogens with zero attached hydrogens (tertiary/aromatic N) is 1. The van der Waals surface area contributed by atoms with E-state index in [1.807, 2.05) is 57.2 Å². The van der Waals surface area contributed by atoms with Crippen LogP contribution in [0, 0.1) is 26.7 Å². The van der Waals surface area contributed by atoms with Crippen molar-refractivity contribution in [1.82, 2.24) is 0 Å². The largest absolute Gasteiger partial charge is 0.426 e. The van der Waals surface area contributed by atoms with Gasteiger partial charge in [0.05, 0.1) is 5.92 Å². The normalized spacial score (nSPS) is 16.9. The first-order chi connectivity index (χ1) is 12.8. The van der Waals surface area contributed by atoms with E-state index in [0.717, 1.165) is 22.4 Å². The molecule has 1 atom stereocenters. The van der Waals surface area contributed by atoms with Crippen molar-refractivity contribution in [3.05, 3.63) is 58.7 Å². The molecular formula is C23H27NO3. The summed E-state index contributed by atoms with van der Waals surface area (Å²) in [5.41, 5.74) is 5.21. The summed E-state index contributed by atoms with van der Waals surface area (Å²) in [7, 11) is 0. The molecule has 1 amide bonds. The Bertz CT molecular complexity index is 885. The standard InChI is InChI=1S/C23H27NO3/c1-14(2)20-9-6-15(3)10-21(20)27-23(26)18-12-22(25)24(13-18)19-8-7-16(4)17(5)11-19/h6-11,14,18H,12-13H2,1-5H3/t18-/m1/s1. The minimum absolute atomic E-state index is 0.0338. The third-order valence-electron chi connectivity index (χ3n) is 5.26. The van der Waals surface area contributed by atoms with E-state index in [1.54, 1.807) is 4.90 Å². The maximum atomic E-state index is 12.7. The van der Waals surface area contributed by atoms with Gasteiger partial charge in [-0.15, -0.1) is 0 Å². The molecule has 1 fully saturated rings. The molecule has 2 aromatic carbocycles. The first-order valence-electron chi connectivity index (χ1n) is 9.46. The summed E-state index contributed by atoms with van der Waals surface area (Å²) in [6, 6.07) is 11.9. The molecule has 0 spiro atoms. The maximum absolute atomic E-state index is 12.7. The molecule has 1 saturated heterocycles. The molecule has 0 unspecified atom stereocenters. The van der Waals surface area contributed by atoms with E-state index >= 15 is 0 Å². The molecule has 1 heterocycles. The lowest BCUT2D eigenvalue weighted by Gasteiger charge is -2.18. The van der Waals surface area contributed by atoms with Crippen LogP contribution in [0.2, 0.25) is 0 Å². The minimum atomic E-state index is -0.445. The number of anilines is 1. The summed E-state index contributed by atoms with van der Waals surface area (Å²) >= 11 is 0. The zero-order valence-corrected chi connectivity index (χ0v) is 16.7. The van der Waals surface area contributed by atoms with E-state index in [2.05, 4.69) is 13.8 Å². The fourth-order valence-electron chi connectivity index (χ4n) is 3.41. The summed E-state index contributed by atoms with van der Waals surface area (Å²) in [5, 5.41) is 0. The van der Waals surface area contributed by atoms with E-state index in [-0.39, 0.29) is 24.2 Å². The third-order valence-corrected chi connectivity index (χ3v) is 5.26. The van der Waals surface area contributed by atoms with Crippen LogP contribution in [0.4, 0.5) is 5.69 Å². The molecule has 1 aliphatic rings. The van der Waals surface area contributed by atoms with Gasteiger partial charge in [0, 0.05) is 18.7 Å². The van der Waals surface area contributed by atoms with E-state index in [9.17, 15) is 9.59 Å². The van der Waals surface area contributed by atoms with E-state index < -0.39 is 5.92 Å². The fraction of sp³-hybridized carbons (Fsp3) is 0.391. The molecule has 4 heteroatoms. The number of esters is 1. The number of ether oxygens (including phenoxy) is 1. The van der Waals surface area contributed by atoms with Gasteiger partial charge in [-0.1, -0.05) is 32.0 Å². The summed E-state index contributed by atoms with van der Waals surface area (Å²) in [5.74, 6) is 0.0491. The van der Waals surface area contributed by atoms with E-state index in [0.29, 0.717) is 12.3 Å². The minimum Gasteiger partial charge on any atom is -0.426 e. The highest BCUT2D eigenvalue weighted by atomic mass is 16.5. The SMILES string of the molecule is Cc1ccc(C(C)C)c(OC(=O)[C@@H]2CC(=O)N(c3ccc(C)c(C)c3)C2)c1. The van der Waals surface area contributed by atoms with Crippen LogP contribution >= 0.6 is 0 Å². The molecule has 3 rings (SSSR count). The van der Waals surface area contributed by atoms with Crippen molar-refractivity contribution < 1.29 is 14.3 Å². The lowest BCUT2D eigenvalue weighted by molar-refractivity contribution is -0.139. The van der Waals surface area contributed by atoms with Crippen LogP contribution < -0.4 is 9.64 Å². The Morgan fingerprint density at radius 3 is 2.48 bits per heavy atom. The molecule has 4 nitrogen and oxygen atoms in total. The second-order valence-electron chi connectivity index (χ2n) is 7.79. The number of carbonyl (C=O) groups is 2. The Hall–Kier alpha value is -2.62. The van der Waals surface area contributed by atoms with Crippen molar-refractivity contribution in [2.24, 2.45) is 5.92 Å². The van der Waals surface area contributed by atoms with Crippen molar-refractivity contribution >= 4 is 17.6 Å². The molecule has 0 saturated carbocycles. The number of aryl methyl sites for hydroxylation is 3. The summed E-state index contributed by atoms with van der Waals surface area (Å²) in [4.78, 5) is 26.9. The van der Waals surface area contributed by atoms with Gasteiger partial charge in [-0.3, -0.25) is 9.59 Å². The number of amides is 1. The molecule has 27 heavy (non-hydrogen) atoms. The monoisotopic (exact) mass is 365 g/mol. The first-order valence-corrected chi connectivity index (χ1v) is 9.46. The smallest absolute Gasteiger partial charge is 0.316 e. The number of rotatable bonds is 4. The number of carbonyl (C=O) groups excluding carboxylic acids is 2. The van der Waals surface area contributed by atoms with Gasteiger partial charge in [0.25, 0.3) is 0 Å². The Kier molecular flexibility index (Phi) is 5.36. The second-order valence-corrected chi connectivity index (χ2v) is 7.79. The lowest BCUT2D eigenvalue weighted by Crippen LogP contribution is -2.27. The third kappa shape index (κ3) is 4.05. The van der Waals surface area contributed by atoms with Crippen LogP contribution in [0.5, 0.6) is 5.75 Å². The Morgan fingerprint density at radius 2 is 1.81 bits per heavy atom. The van der Waals surface area contributed by atoms with Gasteiger partial charge < -0.3 is 9.64 Å². The topological polar surface area (TPSA) is 46.6 Å². The Morgan fingerprint density at radius 1 is 1.07 bits per heavy atom. The number of hydrogen-bond donors (Lipinski definition) is 0. The molecule has 2 aromatic rings. The van der Waals surface area contributed by atoms with Gasteiger partial charge >= 0.3 is 5.97 Å². The predicted octanol–water partition coefficient (Wildman–Crippen LogP) is 4.69. The van der Waals surface area contributed by atoms with Crippen LogP contribution in [0.15, 0.2) is 36.4 Å². The van der Waals surface area contributed by atoms with E-state index in [4.69, 9.17) is 4.74 Å². The second kappa shape index (κ2) is 7.55. The van der Waals surface area contributed by atoms with Crippen molar-refractivity contribution in [2.45, 2.75) is 47.0 Å². The van der Waals surface area contributed by atoms with Crippen LogP contribution in [-0.2, 0) is 9.59 Å². The quantitative estimate of drug-likeness (QED) is 0.583. The van der Waals surface area contributed by atoms with Gasteiger partial charge in [-0.05, 0) is 67.1 Å². The van der Waals surface area contributed by atoms with Gasteiger partial charge in [0.2, 0.25) is 5.91 Å². The maximum Gasteiger partial charge on any atom is 0.316 e. The van der Waals surface area contributed by atoms with Gasteiger partial charge in [-0.25, -0.2) is 0 Å². The van der Waals surface area contributed by atoms with Crippen molar-refractivity contribution in [1.29, 1.82) is 0 Å². The summed E-state index contributed by atoms with van der Waals surface area (Å²) in [6.07, 6.45) is 0.189. The molecule has 1 aliphatic heterocycles. The van der Waals surface area contributed by atoms with Crippen LogP contribution in [0.25, 0.3) is 0 Å². The van der Waals surface area contributed by atoms with Crippen LogP contribution in [0.3, 0.4) is 0 Å². The van der Waals surface area contributed by atoms with Gasteiger partial charge in [0.1, 0.15) is 5.75 Å². The zero-order valence-electron chi connectivity index (χ0n) is 16.7. The number of benzene rings is 2. The Labute approximate surface area is 161 Å². The molecule has 0 N–H and O–H groups in total. The molecule has 0 radical (unpaired) electrons. The lowest BCUT2D eigenvalue weighted by atomic mass is 10.0. The van der Waals surface area contributed by atoms with Crippen LogP contribution in [-0.4, -0.2) is 18.4 Å². The fourth-order valence-corrected chi connectivity index (χ4v) is 3.41. The molecule has 0 bridgehead atoms. The van der Waals surface area contributed by atoms with Crippen LogP contribution in [0.1, 0.15) is 48.4 Å².